The minimum Gasteiger partial charge on any atom is -0.383 e. The van der Waals surface area contributed by atoms with Crippen LogP contribution in [0.25, 0.3) is 16.9 Å². The molecule has 2 aromatic carbocycles. The molecule has 0 spiro atoms. The standard InChI is InChI=1S/C17H16N4O2/c1-12-10-16(13-6-4-3-5-7-13)20(19-12)14-8-9-15(18-2)17(11-14)21(22)23/h3-11,18H,1-2H3. The lowest BCUT2D eigenvalue weighted by Crippen LogP contribution is -2.02. The predicted molar refractivity (Wildman–Crippen MR) is 89.9 cm³/mol. The summed E-state index contributed by atoms with van der Waals surface area (Å²) in [6.07, 6.45) is 0. The van der Waals surface area contributed by atoms with Crippen LogP contribution in [0.1, 0.15) is 5.69 Å². The van der Waals surface area contributed by atoms with Gasteiger partial charge in [-0.2, -0.15) is 5.10 Å². The summed E-state index contributed by atoms with van der Waals surface area (Å²) >= 11 is 0. The highest BCUT2D eigenvalue weighted by Crippen LogP contribution is 2.29. The zero-order chi connectivity index (χ0) is 16.4. The minimum atomic E-state index is -0.395. The smallest absolute Gasteiger partial charge is 0.294 e. The summed E-state index contributed by atoms with van der Waals surface area (Å²) in [4.78, 5) is 10.9. The first-order valence-electron chi connectivity index (χ1n) is 7.19. The highest BCUT2D eigenvalue weighted by atomic mass is 16.6. The lowest BCUT2D eigenvalue weighted by atomic mass is 10.1. The van der Waals surface area contributed by atoms with Gasteiger partial charge in [-0.15, -0.1) is 0 Å². The molecule has 6 heteroatoms. The van der Waals surface area contributed by atoms with Crippen molar-refractivity contribution in [2.45, 2.75) is 6.92 Å². The Bertz CT molecular complexity index is 856. The SMILES string of the molecule is CNc1ccc(-n2nc(C)cc2-c2ccccc2)cc1[N+](=O)[O-]. The molecule has 0 fully saturated rings. The van der Waals surface area contributed by atoms with Gasteiger partial charge in [-0.25, -0.2) is 4.68 Å². The Kier molecular flexibility index (Phi) is 3.80. The first kappa shape index (κ1) is 14.8. The largest absolute Gasteiger partial charge is 0.383 e. The Balaban J connectivity index is 2.17. The van der Waals surface area contributed by atoms with Gasteiger partial charge in [0.15, 0.2) is 0 Å². The van der Waals surface area contributed by atoms with Crippen LogP contribution in [-0.2, 0) is 0 Å². The zero-order valence-corrected chi connectivity index (χ0v) is 12.9. The first-order valence-corrected chi connectivity index (χ1v) is 7.19. The van der Waals surface area contributed by atoms with E-state index in [0.717, 1.165) is 17.0 Å². The van der Waals surface area contributed by atoms with Crippen molar-refractivity contribution in [2.75, 3.05) is 12.4 Å². The van der Waals surface area contributed by atoms with Gasteiger partial charge >= 0.3 is 0 Å². The van der Waals surface area contributed by atoms with E-state index in [1.807, 2.05) is 49.4 Å². The number of nitrogens with zero attached hydrogens (tertiary/aromatic N) is 3. The molecular weight excluding hydrogens is 292 g/mol. The molecule has 23 heavy (non-hydrogen) atoms. The van der Waals surface area contributed by atoms with Crippen LogP contribution in [0, 0.1) is 17.0 Å². The third-order valence-electron chi connectivity index (χ3n) is 3.59. The number of nitro groups is 1. The normalized spacial score (nSPS) is 10.5. The second-order valence-corrected chi connectivity index (χ2v) is 5.16. The second kappa shape index (κ2) is 5.92. The molecule has 0 aliphatic carbocycles. The molecule has 0 atom stereocenters. The fourth-order valence-corrected chi connectivity index (χ4v) is 2.53. The Morgan fingerprint density at radius 1 is 1.13 bits per heavy atom. The Morgan fingerprint density at radius 3 is 2.52 bits per heavy atom. The second-order valence-electron chi connectivity index (χ2n) is 5.16. The van der Waals surface area contributed by atoms with Crippen molar-refractivity contribution in [1.29, 1.82) is 0 Å². The molecule has 0 unspecified atom stereocenters. The summed E-state index contributed by atoms with van der Waals surface area (Å²) in [7, 11) is 1.66. The quantitative estimate of drug-likeness (QED) is 0.588. The lowest BCUT2D eigenvalue weighted by Gasteiger charge is -2.09. The van der Waals surface area contributed by atoms with Gasteiger partial charge in [0.2, 0.25) is 0 Å². The first-order chi connectivity index (χ1) is 11.1. The average Bonchev–Trinajstić information content (AvgIpc) is 2.97. The fraction of sp³-hybridized carbons (Fsp3) is 0.118. The van der Waals surface area contributed by atoms with Crippen molar-refractivity contribution in [1.82, 2.24) is 9.78 Å². The van der Waals surface area contributed by atoms with Gasteiger partial charge in [-0.3, -0.25) is 10.1 Å². The maximum absolute atomic E-state index is 11.3. The Morgan fingerprint density at radius 2 is 1.87 bits per heavy atom. The molecule has 0 amide bonds. The average molecular weight is 308 g/mol. The molecule has 0 bridgehead atoms. The van der Waals surface area contributed by atoms with Crippen LogP contribution in [0.5, 0.6) is 0 Å². The van der Waals surface area contributed by atoms with E-state index in [-0.39, 0.29) is 5.69 Å². The van der Waals surface area contributed by atoms with Crippen LogP contribution in [-0.4, -0.2) is 21.8 Å². The van der Waals surface area contributed by atoms with E-state index in [2.05, 4.69) is 10.4 Å². The fourth-order valence-electron chi connectivity index (χ4n) is 2.53. The molecule has 0 saturated carbocycles. The lowest BCUT2D eigenvalue weighted by molar-refractivity contribution is -0.383. The van der Waals surface area contributed by atoms with E-state index in [1.165, 1.54) is 6.07 Å². The minimum absolute atomic E-state index is 0.0252. The van der Waals surface area contributed by atoms with Crippen LogP contribution in [0.3, 0.4) is 0 Å². The maximum atomic E-state index is 11.3. The van der Waals surface area contributed by atoms with Crippen LogP contribution in [0.4, 0.5) is 11.4 Å². The summed E-state index contributed by atoms with van der Waals surface area (Å²) in [5.74, 6) is 0. The molecule has 3 aromatic rings. The molecule has 1 aromatic heterocycles. The number of hydrogen-bond acceptors (Lipinski definition) is 4. The molecule has 0 radical (unpaired) electrons. The topological polar surface area (TPSA) is 73.0 Å². The highest BCUT2D eigenvalue weighted by Gasteiger charge is 2.17. The van der Waals surface area contributed by atoms with Crippen LogP contribution in [0.15, 0.2) is 54.6 Å². The van der Waals surface area contributed by atoms with E-state index in [1.54, 1.807) is 17.8 Å². The van der Waals surface area contributed by atoms with Crippen molar-refractivity contribution < 1.29 is 4.92 Å². The third kappa shape index (κ3) is 2.78. The predicted octanol–water partition coefficient (Wildman–Crippen LogP) is 3.80. The molecular formula is C17H16N4O2. The number of nitro benzene ring substituents is 1. The number of rotatable bonds is 4. The van der Waals surface area contributed by atoms with Gasteiger partial charge in [0.25, 0.3) is 5.69 Å². The molecule has 3 rings (SSSR count). The van der Waals surface area contributed by atoms with Crippen LogP contribution < -0.4 is 5.32 Å². The number of anilines is 1. The summed E-state index contributed by atoms with van der Waals surface area (Å²) in [6.45, 7) is 1.90. The van der Waals surface area contributed by atoms with Gasteiger partial charge in [0.1, 0.15) is 5.69 Å². The summed E-state index contributed by atoms with van der Waals surface area (Å²) < 4.78 is 1.73. The number of aromatic nitrogens is 2. The van der Waals surface area contributed by atoms with Crippen molar-refractivity contribution in [2.24, 2.45) is 0 Å². The number of benzene rings is 2. The molecule has 1 N–H and O–H groups in total. The molecule has 1 heterocycles. The highest BCUT2D eigenvalue weighted by molar-refractivity contribution is 5.68. The molecule has 0 saturated heterocycles. The summed E-state index contributed by atoms with van der Waals surface area (Å²) in [5, 5.41) is 18.6. The van der Waals surface area contributed by atoms with Gasteiger partial charge in [-0.1, -0.05) is 30.3 Å². The van der Waals surface area contributed by atoms with E-state index in [4.69, 9.17) is 0 Å². The Hall–Kier alpha value is -3.15. The number of nitrogens with one attached hydrogen (secondary N) is 1. The molecule has 6 nitrogen and oxygen atoms in total. The Labute approximate surface area is 133 Å². The van der Waals surface area contributed by atoms with E-state index in [0.29, 0.717) is 11.4 Å². The molecule has 0 aliphatic rings. The summed E-state index contributed by atoms with van der Waals surface area (Å²) in [6, 6.07) is 16.8. The number of hydrogen-bond donors (Lipinski definition) is 1. The van der Waals surface area contributed by atoms with Crippen LogP contribution >= 0.6 is 0 Å². The maximum Gasteiger partial charge on any atom is 0.294 e. The van der Waals surface area contributed by atoms with Gasteiger partial charge in [0, 0.05) is 18.7 Å². The molecule has 0 aliphatic heterocycles. The van der Waals surface area contributed by atoms with Gasteiger partial charge < -0.3 is 5.32 Å². The van der Waals surface area contributed by atoms with E-state index >= 15 is 0 Å². The van der Waals surface area contributed by atoms with Crippen molar-refractivity contribution in [3.05, 3.63) is 70.4 Å². The van der Waals surface area contributed by atoms with Gasteiger partial charge in [0.05, 0.1) is 22.0 Å². The van der Waals surface area contributed by atoms with E-state index in [9.17, 15) is 10.1 Å². The monoisotopic (exact) mass is 308 g/mol. The molecule has 116 valence electrons. The van der Waals surface area contributed by atoms with Crippen molar-refractivity contribution in [3.63, 3.8) is 0 Å². The van der Waals surface area contributed by atoms with Crippen LogP contribution in [0.2, 0.25) is 0 Å². The summed E-state index contributed by atoms with van der Waals surface area (Å²) in [5.41, 5.74) is 3.91. The van der Waals surface area contributed by atoms with Gasteiger partial charge in [-0.05, 0) is 25.1 Å². The number of aryl methyl sites for hydroxylation is 1. The third-order valence-corrected chi connectivity index (χ3v) is 3.59. The zero-order valence-electron chi connectivity index (χ0n) is 12.9. The van der Waals surface area contributed by atoms with Crippen molar-refractivity contribution in [3.8, 4) is 16.9 Å². The van der Waals surface area contributed by atoms with Crippen molar-refractivity contribution >= 4 is 11.4 Å². The van der Waals surface area contributed by atoms with E-state index < -0.39 is 4.92 Å².